The van der Waals surface area contributed by atoms with Gasteiger partial charge in [-0.25, -0.2) is 0 Å². The summed E-state index contributed by atoms with van der Waals surface area (Å²) < 4.78 is 16.1. The predicted molar refractivity (Wildman–Crippen MR) is 67.4 cm³/mol. The van der Waals surface area contributed by atoms with Crippen LogP contribution in [0.15, 0.2) is 0 Å². The van der Waals surface area contributed by atoms with Gasteiger partial charge < -0.3 is 30.7 Å². The van der Waals surface area contributed by atoms with E-state index in [-0.39, 0.29) is 12.4 Å². The van der Waals surface area contributed by atoms with Crippen LogP contribution in [0.2, 0.25) is 0 Å². The molecule has 0 heterocycles. The van der Waals surface area contributed by atoms with E-state index in [0.29, 0.717) is 0 Å². The maximum Gasteiger partial charge on any atom is 0.349 e. The molecule has 6 N–H and O–H groups in total. The Morgan fingerprint density at radius 2 is 2.00 bits per heavy atom. The second-order valence-corrected chi connectivity index (χ2v) is 5.83. The standard InChI is InChI=1S/C8H19N2O6P.ClH/c1-5(9)8(13)10-6(2)17(14,15)16-4-7(12)3-11;/h5-7,11-12H,3-4,9H2,1-2H3,(H,10,13)(H,14,15);1H/t5-,6?,7?;/m0./s1. The Balaban J connectivity index is 0. The fraction of sp³-hybridized carbons (Fsp3) is 0.875. The normalized spacial score (nSPS) is 19.0. The summed E-state index contributed by atoms with van der Waals surface area (Å²) in [4.78, 5) is 20.6. The van der Waals surface area contributed by atoms with Crippen molar-refractivity contribution < 1.29 is 29.0 Å². The molecule has 10 heteroatoms. The number of nitrogens with one attached hydrogen (secondary N) is 1. The number of rotatable bonds is 7. The van der Waals surface area contributed by atoms with E-state index in [1.807, 2.05) is 0 Å². The van der Waals surface area contributed by atoms with Crippen LogP contribution in [0, 0.1) is 0 Å². The molecule has 4 atom stereocenters. The molecule has 0 aromatic rings. The van der Waals surface area contributed by atoms with Gasteiger partial charge in [-0.15, -0.1) is 12.4 Å². The molecule has 18 heavy (non-hydrogen) atoms. The van der Waals surface area contributed by atoms with E-state index in [2.05, 4.69) is 9.84 Å². The second-order valence-electron chi connectivity index (χ2n) is 3.67. The van der Waals surface area contributed by atoms with E-state index in [9.17, 15) is 14.3 Å². The number of amides is 1. The van der Waals surface area contributed by atoms with Crippen LogP contribution in [0.25, 0.3) is 0 Å². The van der Waals surface area contributed by atoms with Crippen molar-refractivity contribution in [3.05, 3.63) is 0 Å². The molecule has 0 saturated heterocycles. The van der Waals surface area contributed by atoms with Crippen molar-refractivity contribution in [2.24, 2.45) is 5.73 Å². The Bertz CT molecular complexity index is 303. The first kappa shape index (κ1) is 20.1. The number of nitrogens with two attached hydrogens (primary N) is 1. The molecular formula is C8H20ClN2O6P. The quantitative estimate of drug-likeness (QED) is 0.371. The Kier molecular flexibility index (Phi) is 9.85. The molecule has 0 aliphatic heterocycles. The van der Waals surface area contributed by atoms with Gasteiger partial charge in [0.2, 0.25) is 5.91 Å². The second kappa shape index (κ2) is 8.82. The van der Waals surface area contributed by atoms with Gasteiger partial charge in [-0.3, -0.25) is 9.36 Å². The molecule has 0 radical (unpaired) electrons. The van der Waals surface area contributed by atoms with Gasteiger partial charge in [0.05, 0.1) is 19.3 Å². The summed E-state index contributed by atoms with van der Waals surface area (Å²) in [6.45, 7) is 1.64. The summed E-state index contributed by atoms with van der Waals surface area (Å²) in [6, 6.07) is -0.805. The van der Waals surface area contributed by atoms with Crippen molar-refractivity contribution in [1.29, 1.82) is 0 Å². The molecule has 110 valence electrons. The van der Waals surface area contributed by atoms with E-state index >= 15 is 0 Å². The third kappa shape index (κ3) is 7.27. The van der Waals surface area contributed by atoms with Crippen LogP contribution >= 0.6 is 20.0 Å². The van der Waals surface area contributed by atoms with Crippen molar-refractivity contribution in [2.45, 2.75) is 31.8 Å². The van der Waals surface area contributed by atoms with Crippen LogP contribution in [0.5, 0.6) is 0 Å². The Morgan fingerprint density at radius 3 is 2.39 bits per heavy atom. The highest BCUT2D eigenvalue weighted by Gasteiger charge is 2.31. The molecular weight excluding hydrogens is 287 g/mol. The molecule has 0 rings (SSSR count). The van der Waals surface area contributed by atoms with E-state index in [1.54, 1.807) is 0 Å². The molecule has 1 amide bonds. The summed E-state index contributed by atoms with van der Waals surface area (Å²) in [5.74, 6) is -1.73. The third-order valence-corrected chi connectivity index (χ3v) is 3.54. The first-order chi connectivity index (χ1) is 7.70. The number of hydrogen-bond acceptors (Lipinski definition) is 6. The minimum absolute atomic E-state index is 0. The highest BCUT2D eigenvalue weighted by atomic mass is 35.5. The average molecular weight is 307 g/mol. The van der Waals surface area contributed by atoms with Crippen LogP contribution in [0.4, 0.5) is 0 Å². The summed E-state index contributed by atoms with van der Waals surface area (Å²) in [5, 5.41) is 19.7. The molecule has 0 fully saturated rings. The zero-order valence-corrected chi connectivity index (χ0v) is 11.9. The smallest absolute Gasteiger partial charge is 0.349 e. The lowest BCUT2D eigenvalue weighted by atomic mass is 10.3. The lowest BCUT2D eigenvalue weighted by Crippen LogP contribution is -2.43. The molecule has 8 nitrogen and oxygen atoms in total. The molecule has 0 aromatic heterocycles. The van der Waals surface area contributed by atoms with Crippen LogP contribution < -0.4 is 11.1 Å². The molecule has 0 bridgehead atoms. The minimum Gasteiger partial charge on any atom is -0.394 e. The zero-order valence-electron chi connectivity index (χ0n) is 10.1. The number of hydrogen-bond donors (Lipinski definition) is 5. The Hall–Kier alpha value is -0.210. The van der Waals surface area contributed by atoms with E-state index in [4.69, 9.17) is 15.9 Å². The van der Waals surface area contributed by atoms with Crippen LogP contribution in [0.1, 0.15) is 13.8 Å². The molecule has 0 aliphatic rings. The third-order valence-electron chi connectivity index (χ3n) is 1.92. The van der Waals surface area contributed by atoms with Gasteiger partial charge in [0.25, 0.3) is 0 Å². The van der Waals surface area contributed by atoms with E-state index in [0.717, 1.165) is 0 Å². The predicted octanol–water partition coefficient (Wildman–Crippen LogP) is -1.23. The Labute approximate surface area is 111 Å². The summed E-state index contributed by atoms with van der Waals surface area (Å²) in [5.41, 5.74) is 5.27. The molecule has 0 aromatic carbocycles. The zero-order chi connectivity index (χ0) is 13.6. The average Bonchev–Trinajstić information content (AvgIpc) is 2.25. The molecule has 0 aliphatic carbocycles. The lowest BCUT2D eigenvalue weighted by molar-refractivity contribution is -0.122. The highest BCUT2D eigenvalue weighted by Crippen LogP contribution is 2.46. The van der Waals surface area contributed by atoms with Crippen LogP contribution in [-0.4, -0.2) is 52.2 Å². The van der Waals surface area contributed by atoms with Crippen molar-refractivity contribution in [1.82, 2.24) is 5.32 Å². The maximum absolute atomic E-state index is 11.6. The van der Waals surface area contributed by atoms with Crippen molar-refractivity contribution >= 4 is 25.9 Å². The fourth-order valence-electron chi connectivity index (χ4n) is 0.776. The number of halogens is 1. The Morgan fingerprint density at radius 1 is 1.50 bits per heavy atom. The molecule has 0 spiro atoms. The summed E-state index contributed by atoms with van der Waals surface area (Å²) in [7, 11) is -4.10. The number of aliphatic hydroxyl groups is 2. The number of aliphatic hydroxyl groups excluding tert-OH is 2. The number of carbonyl (C=O) groups is 1. The molecule has 3 unspecified atom stereocenters. The topological polar surface area (TPSA) is 142 Å². The summed E-state index contributed by atoms with van der Waals surface area (Å²) >= 11 is 0. The van der Waals surface area contributed by atoms with Gasteiger partial charge in [0.15, 0.2) is 0 Å². The van der Waals surface area contributed by atoms with E-state index < -0.39 is 44.6 Å². The summed E-state index contributed by atoms with van der Waals surface area (Å²) in [6.07, 6.45) is -1.24. The fourth-order valence-corrected chi connectivity index (χ4v) is 1.68. The lowest BCUT2D eigenvalue weighted by Gasteiger charge is -2.21. The van der Waals surface area contributed by atoms with Crippen LogP contribution in [0.3, 0.4) is 0 Å². The van der Waals surface area contributed by atoms with Gasteiger partial charge >= 0.3 is 7.60 Å². The number of carbonyl (C=O) groups excluding carboxylic acids is 1. The van der Waals surface area contributed by atoms with Gasteiger partial charge in [-0.2, -0.15) is 0 Å². The maximum atomic E-state index is 11.6. The molecule has 0 saturated carbocycles. The van der Waals surface area contributed by atoms with Crippen molar-refractivity contribution in [3.8, 4) is 0 Å². The largest absolute Gasteiger partial charge is 0.394 e. The SMILES string of the molecule is CC(NC(=O)[C@H](C)N)P(=O)(O)OCC(O)CO.Cl. The van der Waals surface area contributed by atoms with Crippen LogP contribution in [-0.2, 0) is 13.9 Å². The minimum atomic E-state index is -4.10. The van der Waals surface area contributed by atoms with Gasteiger partial charge in [0, 0.05) is 0 Å². The van der Waals surface area contributed by atoms with Gasteiger partial charge in [-0.05, 0) is 13.8 Å². The van der Waals surface area contributed by atoms with Gasteiger partial charge in [-0.1, -0.05) is 0 Å². The first-order valence-electron chi connectivity index (χ1n) is 5.02. The first-order valence-corrected chi connectivity index (χ1v) is 6.67. The van der Waals surface area contributed by atoms with E-state index in [1.165, 1.54) is 13.8 Å². The monoisotopic (exact) mass is 306 g/mol. The van der Waals surface area contributed by atoms with Crippen molar-refractivity contribution in [2.75, 3.05) is 13.2 Å². The highest BCUT2D eigenvalue weighted by molar-refractivity contribution is 7.53. The van der Waals surface area contributed by atoms with Gasteiger partial charge in [0.1, 0.15) is 11.9 Å². The van der Waals surface area contributed by atoms with Crippen molar-refractivity contribution in [3.63, 3.8) is 0 Å².